The molecule has 2 aromatic heterocycles. The Hall–Kier alpha value is -2.64. The lowest BCUT2D eigenvalue weighted by atomic mass is 10.2. The van der Waals surface area contributed by atoms with Gasteiger partial charge in [-0.25, -0.2) is 14.6 Å². The highest BCUT2D eigenvalue weighted by molar-refractivity contribution is 5.75. The lowest BCUT2D eigenvalue weighted by Gasteiger charge is -2.13. The monoisotopic (exact) mass is 290 g/mol. The Kier molecular flexibility index (Phi) is 4.70. The second kappa shape index (κ2) is 6.69. The van der Waals surface area contributed by atoms with Gasteiger partial charge in [-0.05, 0) is 19.9 Å². The number of carbonyl (C=O) groups excluding carboxylic acids is 1. The van der Waals surface area contributed by atoms with Crippen LogP contribution in [0.3, 0.4) is 0 Å². The number of hydrogen-bond donors (Lipinski definition) is 2. The number of carbonyl (C=O) groups is 1. The van der Waals surface area contributed by atoms with Crippen LogP contribution in [-0.4, -0.2) is 31.8 Å². The van der Waals surface area contributed by atoms with Crippen molar-refractivity contribution >= 4 is 11.9 Å². The SMILES string of the molecule is CC(C)Oc1ncccc1CNC(=O)Cn1cnc(N)n1. The second-order valence-electron chi connectivity index (χ2n) is 4.71. The predicted octanol–water partition coefficient (Wildman–Crippen LogP) is 0.359. The fourth-order valence-electron chi connectivity index (χ4n) is 1.67. The van der Waals surface area contributed by atoms with Crippen LogP contribution in [0.5, 0.6) is 5.88 Å². The summed E-state index contributed by atoms with van der Waals surface area (Å²) in [6.07, 6.45) is 3.08. The van der Waals surface area contributed by atoms with Gasteiger partial charge in [-0.3, -0.25) is 4.79 Å². The van der Waals surface area contributed by atoms with E-state index in [1.165, 1.54) is 11.0 Å². The molecule has 3 N–H and O–H groups in total. The third kappa shape index (κ3) is 4.44. The Labute approximate surface area is 122 Å². The van der Waals surface area contributed by atoms with Crippen molar-refractivity contribution in [3.63, 3.8) is 0 Å². The standard InChI is InChI=1S/C13H18N6O2/c1-9(2)21-12-10(4-3-5-15-12)6-16-11(20)7-19-8-17-13(14)18-19/h3-5,8-9H,6-7H2,1-2H3,(H2,14,18)(H,16,20). The van der Waals surface area contributed by atoms with Crippen molar-refractivity contribution in [2.75, 3.05) is 5.73 Å². The van der Waals surface area contributed by atoms with Crippen LogP contribution in [0.15, 0.2) is 24.7 Å². The Balaban J connectivity index is 1.92. The topological polar surface area (TPSA) is 108 Å². The third-order valence-corrected chi connectivity index (χ3v) is 2.53. The fourth-order valence-corrected chi connectivity index (χ4v) is 1.67. The van der Waals surface area contributed by atoms with Crippen LogP contribution < -0.4 is 15.8 Å². The van der Waals surface area contributed by atoms with Gasteiger partial charge in [0.15, 0.2) is 0 Å². The molecule has 0 spiro atoms. The van der Waals surface area contributed by atoms with Crippen molar-refractivity contribution in [1.82, 2.24) is 25.1 Å². The third-order valence-electron chi connectivity index (χ3n) is 2.53. The molecule has 0 bridgehead atoms. The van der Waals surface area contributed by atoms with E-state index in [0.717, 1.165) is 5.56 Å². The zero-order chi connectivity index (χ0) is 15.2. The second-order valence-corrected chi connectivity index (χ2v) is 4.71. The molecular weight excluding hydrogens is 272 g/mol. The number of pyridine rings is 1. The van der Waals surface area contributed by atoms with Gasteiger partial charge in [0.2, 0.25) is 17.7 Å². The van der Waals surface area contributed by atoms with Gasteiger partial charge in [0.25, 0.3) is 0 Å². The normalized spacial score (nSPS) is 10.6. The van der Waals surface area contributed by atoms with E-state index in [-0.39, 0.29) is 24.5 Å². The van der Waals surface area contributed by atoms with E-state index in [0.29, 0.717) is 12.4 Å². The number of nitrogens with zero attached hydrogens (tertiary/aromatic N) is 4. The number of nitrogens with one attached hydrogen (secondary N) is 1. The quantitative estimate of drug-likeness (QED) is 0.795. The van der Waals surface area contributed by atoms with Gasteiger partial charge in [-0.1, -0.05) is 6.07 Å². The maximum absolute atomic E-state index is 11.8. The maximum Gasteiger partial charge on any atom is 0.242 e. The number of hydrogen-bond acceptors (Lipinski definition) is 6. The average Bonchev–Trinajstić information content (AvgIpc) is 2.82. The Morgan fingerprint density at radius 2 is 2.29 bits per heavy atom. The van der Waals surface area contributed by atoms with E-state index in [1.807, 2.05) is 19.9 Å². The van der Waals surface area contributed by atoms with Crippen LogP contribution >= 0.6 is 0 Å². The van der Waals surface area contributed by atoms with Crippen LogP contribution in [0.2, 0.25) is 0 Å². The van der Waals surface area contributed by atoms with Crippen molar-refractivity contribution in [3.8, 4) is 5.88 Å². The van der Waals surface area contributed by atoms with Gasteiger partial charge in [0.1, 0.15) is 12.9 Å². The molecule has 2 rings (SSSR count). The molecule has 2 aromatic rings. The molecule has 2 heterocycles. The van der Waals surface area contributed by atoms with E-state index in [9.17, 15) is 4.79 Å². The summed E-state index contributed by atoms with van der Waals surface area (Å²) in [5.41, 5.74) is 6.20. The van der Waals surface area contributed by atoms with Gasteiger partial charge in [-0.15, -0.1) is 5.10 Å². The van der Waals surface area contributed by atoms with Crippen LogP contribution in [0.25, 0.3) is 0 Å². The molecule has 8 nitrogen and oxygen atoms in total. The molecule has 0 fully saturated rings. The number of aromatic nitrogens is 4. The molecule has 0 aliphatic heterocycles. The minimum Gasteiger partial charge on any atom is -0.475 e. The molecule has 0 unspecified atom stereocenters. The van der Waals surface area contributed by atoms with E-state index >= 15 is 0 Å². The van der Waals surface area contributed by atoms with Gasteiger partial charge >= 0.3 is 0 Å². The van der Waals surface area contributed by atoms with E-state index in [2.05, 4.69) is 20.4 Å². The first-order valence-corrected chi connectivity index (χ1v) is 6.56. The van der Waals surface area contributed by atoms with Crippen molar-refractivity contribution in [2.45, 2.75) is 33.0 Å². The summed E-state index contributed by atoms with van der Waals surface area (Å²) in [5.74, 6) is 0.472. The number of amides is 1. The van der Waals surface area contributed by atoms with Crippen molar-refractivity contribution in [1.29, 1.82) is 0 Å². The minimum absolute atomic E-state index is 0.0208. The zero-order valence-corrected chi connectivity index (χ0v) is 12.0. The minimum atomic E-state index is -0.195. The van der Waals surface area contributed by atoms with Crippen molar-refractivity contribution < 1.29 is 9.53 Å². The van der Waals surface area contributed by atoms with Gasteiger partial charge in [0, 0.05) is 18.3 Å². The first kappa shape index (κ1) is 14.8. The molecule has 1 amide bonds. The predicted molar refractivity (Wildman–Crippen MR) is 76.3 cm³/mol. The molecule has 0 atom stereocenters. The number of anilines is 1. The largest absolute Gasteiger partial charge is 0.475 e. The summed E-state index contributed by atoms with van der Waals surface area (Å²) in [4.78, 5) is 19.7. The molecule has 112 valence electrons. The molecule has 0 aliphatic carbocycles. The fraction of sp³-hybridized carbons (Fsp3) is 0.385. The molecule has 0 saturated carbocycles. The lowest BCUT2D eigenvalue weighted by Crippen LogP contribution is -2.27. The maximum atomic E-state index is 11.8. The van der Waals surface area contributed by atoms with Crippen LogP contribution in [-0.2, 0) is 17.9 Å². The van der Waals surface area contributed by atoms with Crippen molar-refractivity contribution in [2.24, 2.45) is 0 Å². The summed E-state index contributed by atoms with van der Waals surface area (Å²) < 4.78 is 6.97. The molecule has 0 aliphatic rings. The number of ether oxygens (including phenoxy) is 1. The Bertz CT molecular complexity index is 610. The van der Waals surface area contributed by atoms with Crippen molar-refractivity contribution in [3.05, 3.63) is 30.2 Å². The lowest BCUT2D eigenvalue weighted by molar-refractivity contribution is -0.122. The van der Waals surface area contributed by atoms with Crippen LogP contribution in [0.4, 0.5) is 5.95 Å². The molecule has 0 radical (unpaired) electrons. The van der Waals surface area contributed by atoms with E-state index in [1.54, 1.807) is 12.3 Å². The summed E-state index contributed by atoms with van der Waals surface area (Å²) >= 11 is 0. The summed E-state index contributed by atoms with van der Waals surface area (Å²) in [6, 6.07) is 3.66. The Morgan fingerprint density at radius 1 is 1.48 bits per heavy atom. The summed E-state index contributed by atoms with van der Waals surface area (Å²) in [7, 11) is 0. The van der Waals surface area contributed by atoms with Gasteiger partial charge < -0.3 is 15.8 Å². The van der Waals surface area contributed by atoms with Gasteiger partial charge in [0.05, 0.1) is 6.10 Å². The highest BCUT2D eigenvalue weighted by Crippen LogP contribution is 2.15. The molecule has 0 aromatic carbocycles. The average molecular weight is 290 g/mol. The first-order valence-electron chi connectivity index (χ1n) is 6.56. The summed E-state index contributed by atoms with van der Waals surface area (Å²) in [5, 5.41) is 6.63. The smallest absolute Gasteiger partial charge is 0.242 e. The highest BCUT2D eigenvalue weighted by atomic mass is 16.5. The highest BCUT2D eigenvalue weighted by Gasteiger charge is 2.09. The molecule has 21 heavy (non-hydrogen) atoms. The van der Waals surface area contributed by atoms with Gasteiger partial charge in [-0.2, -0.15) is 0 Å². The van der Waals surface area contributed by atoms with E-state index in [4.69, 9.17) is 10.5 Å². The van der Waals surface area contributed by atoms with E-state index < -0.39 is 0 Å². The first-order chi connectivity index (χ1) is 10.0. The molecular formula is C13H18N6O2. The number of rotatable bonds is 6. The Morgan fingerprint density at radius 3 is 2.95 bits per heavy atom. The molecule has 0 saturated heterocycles. The van der Waals surface area contributed by atoms with Crippen LogP contribution in [0.1, 0.15) is 19.4 Å². The summed E-state index contributed by atoms with van der Waals surface area (Å²) in [6.45, 7) is 4.24. The number of nitrogens with two attached hydrogens (primary N) is 1. The van der Waals surface area contributed by atoms with Crippen LogP contribution in [0, 0.1) is 0 Å². The zero-order valence-electron chi connectivity index (χ0n) is 12.0. The molecule has 8 heteroatoms. The number of nitrogen functional groups attached to an aromatic ring is 1.